The SMILES string of the molecule is CCOc1ccc(-c2ccc3ncc4c(c3c2)n(-c2ccc(C)nc2C)c(=O)n4C)cn1. The molecular formula is C25H23N5O2. The minimum atomic E-state index is -0.129. The second-order valence-corrected chi connectivity index (χ2v) is 7.78. The average Bonchev–Trinajstić information content (AvgIpc) is 3.05. The fraction of sp³-hybridized carbons (Fsp3) is 0.200. The lowest BCUT2D eigenvalue weighted by molar-refractivity contribution is 0.327. The van der Waals surface area contributed by atoms with E-state index in [-0.39, 0.29) is 5.69 Å². The molecule has 0 aliphatic rings. The number of imidazole rings is 1. The Labute approximate surface area is 185 Å². The molecule has 0 atom stereocenters. The van der Waals surface area contributed by atoms with Gasteiger partial charge in [0.15, 0.2) is 0 Å². The van der Waals surface area contributed by atoms with Crippen molar-refractivity contribution in [3.63, 3.8) is 0 Å². The normalized spacial score (nSPS) is 11.4. The van der Waals surface area contributed by atoms with Crippen LogP contribution in [0.25, 0.3) is 38.8 Å². The molecule has 0 radical (unpaired) electrons. The summed E-state index contributed by atoms with van der Waals surface area (Å²) in [6.45, 7) is 6.37. The van der Waals surface area contributed by atoms with Gasteiger partial charge in [-0.1, -0.05) is 6.07 Å². The van der Waals surface area contributed by atoms with Crippen LogP contribution in [-0.4, -0.2) is 30.7 Å². The van der Waals surface area contributed by atoms with E-state index in [4.69, 9.17) is 4.74 Å². The summed E-state index contributed by atoms with van der Waals surface area (Å²) in [5.74, 6) is 0.598. The van der Waals surface area contributed by atoms with Crippen LogP contribution in [-0.2, 0) is 7.05 Å². The topological polar surface area (TPSA) is 74.8 Å². The molecule has 5 rings (SSSR count). The first kappa shape index (κ1) is 19.9. The Hall–Kier alpha value is -4.00. The summed E-state index contributed by atoms with van der Waals surface area (Å²) in [7, 11) is 1.77. The first-order valence-corrected chi connectivity index (χ1v) is 10.5. The fourth-order valence-electron chi connectivity index (χ4n) is 4.10. The molecular weight excluding hydrogens is 402 g/mol. The van der Waals surface area contributed by atoms with E-state index in [1.165, 1.54) is 0 Å². The number of nitrogens with zero attached hydrogens (tertiary/aromatic N) is 5. The molecule has 1 aromatic carbocycles. The summed E-state index contributed by atoms with van der Waals surface area (Å²) in [6.07, 6.45) is 3.55. The lowest BCUT2D eigenvalue weighted by Gasteiger charge is -2.10. The molecule has 0 fully saturated rings. The van der Waals surface area contributed by atoms with E-state index in [9.17, 15) is 4.79 Å². The molecule has 0 bridgehead atoms. The van der Waals surface area contributed by atoms with Crippen LogP contribution in [0.5, 0.6) is 5.88 Å². The molecule has 0 unspecified atom stereocenters. The number of aryl methyl sites for hydroxylation is 3. The third kappa shape index (κ3) is 3.13. The van der Waals surface area contributed by atoms with Gasteiger partial charge in [0, 0.05) is 36.0 Å². The molecule has 4 aromatic heterocycles. The van der Waals surface area contributed by atoms with Crippen LogP contribution in [0.4, 0.5) is 0 Å². The van der Waals surface area contributed by atoms with Crippen LogP contribution in [0.15, 0.2) is 59.7 Å². The molecule has 0 N–H and O–H groups in total. The first-order chi connectivity index (χ1) is 15.5. The van der Waals surface area contributed by atoms with Crippen LogP contribution in [0.3, 0.4) is 0 Å². The second-order valence-electron chi connectivity index (χ2n) is 7.78. The average molecular weight is 425 g/mol. The standard InChI is InChI=1S/C25H23N5O2/c1-5-32-23-11-8-18(13-27-23)17-7-9-20-19(12-17)24-22(14-26-20)29(4)25(31)30(24)21-10-6-15(2)28-16(21)3/h6-14H,5H2,1-4H3. The molecule has 0 aliphatic carbocycles. The molecule has 7 heteroatoms. The van der Waals surface area contributed by atoms with Gasteiger partial charge < -0.3 is 4.74 Å². The third-order valence-corrected chi connectivity index (χ3v) is 5.68. The van der Waals surface area contributed by atoms with E-state index in [0.29, 0.717) is 12.5 Å². The molecule has 0 saturated heterocycles. The Morgan fingerprint density at radius 3 is 2.50 bits per heavy atom. The van der Waals surface area contributed by atoms with E-state index in [0.717, 1.165) is 50.1 Å². The van der Waals surface area contributed by atoms with Gasteiger partial charge in [0.25, 0.3) is 0 Å². The van der Waals surface area contributed by atoms with Crippen molar-refractivity contribution in [2.75, 3.05) is 6.61 Å². The summed E-state index contributed by atoms with van der Waals surface area (Å²) < 4.78 is 8.83. The van der Waals surface area contributed by atoms with Crippen molar-refractivity contribution in [2.24, 2.45) is 7.05 Å². The van der Waals surface area contributed by atoms with E-state index in [1.807, 2.05) is 57.2 Å². The molecule has 32 heavy (non-hydrogen) atoms. The van der Waals surface area contributed by atoms with Gasteiger partial charge in [-0.25, -0.2) is 9.78 Å². The van der Waals surface area contributed by atoms with Gasteiger partial charge in [-0.2, -0.15) is 0 Å². The number of aromatic nitrogens is 5. The maximum absolute atomic E-state index is 13.3. The maximum atomic E-state index is 13.3. The van der Waals surface area contributed by atoms with Crippen molar-refractivity contribution in [1.82, 2.24) is 24.1 Å². The van der Waals surface area contributed by atoms with Crippen molar-refractivity contribution in [3.8, 4) is 22.7 Å². The highest BCUT2D eigenvalue weighted by Gasteiger charge is 2.18. The van der Waals surface area contributed by atoms with Crippen LogP contribution in [0.1, 0.15) is 18.3 Å². The molecule has 4 heterocycles. The van der Waals surface area contributed by atoms with Crippen LogP contribution in [0, 0.1) is 13.8 Å². The Morgan fingerprint density at radius 1 is 0.969 bits per heavy atom. The molecule has 5 aromatic rings. The number of benzene rings is 1. The molecule has 7 nitrogen and oxygen atoms in total. The van der Waals surface area contributed by atoms with Gasteiger partial charge in [-0.3, -0.25) is 19.1 Å². The smallest absolute Gasteiger partial charge is 0.333 e. The van der Waals surface area contributed by atoms with Crippen molar-refractivity contribution in [1.29, 1.82) is 0 Å². The van der Waals surface area contributed by atoms with Gasteiger partial charge in [-0.05, 0) is 56.7 Å². The van der Waals surface area contributed by atoms with Gasteiger partial charge >= 0.3 is 5.69 Å². The lowest BCUT2D eigenvalue weighted by atomic mass is 10.0. The predicted molar refractivity (Wildman–Crippen MR) is 125 cm³/mol. The largest absolute Gasteiger partial charge is 0.478 e. The van der Waals surface area contributed by atoms with Crippen LogP contribution < -0.4 is 10.4 Å². The number of rotatable bonds is 4. The quantitative estimate of drug-likeness (QED) is 0.428. The van der Waals surface area contributed by atoms with Gasteiger partial charge in [0.2, 0.25) is 5.88 Å². The van der Waals surface area contributed by atoms with E-state index in [1.54, 1.807) is 28.6 Å². The zero-order chi connectivity index (χ0) is 22.4. The first-order valence-electron chi connectivity index (χ1n) is 10.5. The monoisotopic (exact) mass is 425 g/mol. The minimum Gasteiger partial charge on any atom is -0.478 e. The second kappa shape index (κ2) is 7.60. The van der Waals surface area contributed by atoms with E-state index < -0.39 is 0 Å². The Morgan fingerprint density at radius 2 is 1.78 bits per heavy atom. The summed E-state index contributed by atoms with van der Waals surface area (Å²) >= 11 is 0. The summed E-state index contributed by atoms with van der Waals surface area (Å²) in [4.78, 5) is 26.8. The van der Waals surface area contributed by atoms with Gasteiger partial charge in [-0.15, -0.1) is 0 Å². The zero-order valence-electron chi connectivity index (χ0n) is 18.5. The third-order valence-electron chi connectivity index (χ3n) is 5.68. The maximum Gasteiger partial charge on any atom is 0.333 e. The number of hydrogen-bond acceptors (Lipinski definition) is 5. The van der Waals surface area contributed by atoms with E-state index >= 15 is 0 Å². The number of hydrogen-bond donors (Lipinski definition) is 0. The number of fused-ring (bicyclic) bond motifs is 3. The Bertz CT molecular complexity index is 1530. The summed E-state index contributed by atoms with van der Waals surface area (Å²) in [6, 6.07) is 13.8. The van der Waals surface area contributed by atoms with Crippen LogP contribution >= 0.6 is 0 Å². The number of pyridine rings is 3. The predicted octanol–water partition coefficient (Wildman–Crippen LogP) is 4.35. The van der Waals surface area contributed by atoms with Gasteiger partial charge in [0.1, 0.15) is 0 Å². The summed E-state index contributed by atoms with van der Waals surface area (Å²) in [5, 5.41) is 0.895. The Balaban J connectivity index is 1.79. The van der Waals surface area contributed by atoms with Crippen molar-refractivity contribution in [3.05, 3.63) is 76.7 Å². The highest BCUT2D eigenvalue weighted by atomic mass is 16.5. The van der Waals surface area contributed by atoms with E-state index in [2.05, 4.69) is 21.0 Å². The lowest BCUT2D eigenvalue weighted by Crippen LogP contribution is -2.21. The number of ether oxygens (including phenoxy) is 1. The Kier molecular flexibility index (Phi) is 4.74. The highest BCUT2D eigenvalue weighted by Crippen LogP contribution is 2.30. The van der Waals surface area contributed by atoms with Crippen molar-refractivity contribution >= 4 is 21.9 Å². The molecule has 160 valence electrons. The highest BCUT2D eigenvalue weighted by molar-refractivity contribution is 6.04. The zero-order valence-corrected chi connectivity index (χ0v) is 18.5. The fourth-order valence-corrected chi connectivity index (χ4v) is 4.10. The molecule has 0 aliphatic heterocycles. The van der Waals surface area contributed by atoms with Crippen LogP contribution in [0.2, 0.25) is 0 Å². The summed E-state index contributed by atoms with van der Waals surface area (Å²) in [5.41, 5.74) is 6.71. The molecule has 0 amide bonds. The molecule has 0 spiro atoms. The van der Waals surface area contributed by atoms with Gasteiger partial charge in [0.05, 0.1) is 40.7 Å². The van der Waals surface area contributed by atoms with Crippen molar-refractivity contribution in [2.45, 2.75) is 20.8 Å². The van der Waals surface area contributed by atoms with Crippen molar-refractivity contribution < 1.29 is 4.74 Å². The molecule has 0 saturated carbocycles. The minimum absolute atomic E-state index is 0.129.